The molecule has 3 atom stereocenters. The molecule has 5 rings (SSSR count). The van der Waals surface area contributed by atoms with E-state index in [9.17, 15) is 4.39 Å². The number of dihydropyridines is 1. The van der Waals surface area contributed by atoms with Gasteiger partial charge in [-0.3, -0.25) is 4.39 Å². The van der Waals surface area contributed by atoms with Crippen LogP contribution in [0.1, 0.15) is 25.7 Å². The molecule has 0 aromatic rings. The molecular weight excluding hydrogens is 367 g/mol. The molecule has 2 saturated heterocycles. The van der Waals surface area contributed by atoms with Gasteiger partial charge in [-0.1, -0.05) is 6.58 Å². The van der Waals surface area contributed by atoms with Crippen LogP contribution in [0.5, 0.6) is 0 Å². The summed E-state index contributed by atoms with van der Waals surface area (Å²) in [4.78, 5) is 6.92. The Morgan fingerprint density at radius 2 is 2.24 bits per heavy atom. The van der Waals surface area contributed by atoms with Crippen molar-refractivity contribution < 1.29 is 9.13 Å². The fourth-order valence-electron chi connectivity index (χ4n) is 5.13. The molecule has 5 aliphatic heterocycles. The maximum atomic E-state index is 13.2. The van der Waals surface area contributed by atoms with Crippen molar-refractivity contribution >= 4 is 0 Å². The van der Waals surface area contributed by atoms with Gasteiger partial charge >= 0.3 is 0 Å². The van der Waals surface area contributed by atoms with Gasteiger partial charge in [-0.2, -0.15) is 0 Å². The van der Waals surface area contributed by atoms with Crippen molar-refractivity contribution in [1.82, 2.24) is 20.0 Å². The fourth-order valence-corrected chi connectivity index (χ4v) is 5.13. The normalized spacial score (nSPS) is 31.0. The Morgan fingerprint density at radius 1 is 1.34 bits per heavy atom. The molecule has 0 radical (unpaired) electrons. The first kappa shape index (κ1) is 18.8. The Morgan fingerprint density at radius 3 is 3.07 bits per heavy atom. The third-order valence-corrected chi connectivity index (χ3v) is 6.84. The van der Waals surface area contributed by atoms with E-state index in [1.54, 1.807) is 7.11 Å². The summed E-state index contributed by atoms with van der Waals surface area (Å²) in [5.41, 5.74) is 4.91. The van der Waals surface area contributed by atoms with E-state index in [2.05, 4.69) is 51.0 Å². The van der Waals surface area contributed by atoms with Gasteiger partial charge in [0.15, 0.2) is 6.23 Å². The monoisotopic (exact) mass is 398 g/mol. The first-order valence-corrected chi connectivity index (χ1v) is 10.8. The molecule has 1 N–H and O–H groups in total. The summed E-state index contributed by atoms with van der Waals surface area (Å²) >= 11 is 0. The minimum atomic E-state index is -0.226. The third kappa shape index (κ3) is 3.37. The molecular formula is C23H31FN4O. The van der Waals surface area contributed by atoms with Crippen molar-refractivity contribution in [2.24, 2.45) is 5.92 Å². The summed E-state index contributed by atoms with van der Waals surface area (Å²) in [7, 11) is 1.77. The second-order valence-corrected chi connectivity index (χ2v) is 8.68. The van der Waals surface area contributed by atoms with Gasteiger partial charge in [0.05, 0.1) is 12.7 Å². The number of methoxy groups -OCH3 is 1. The van der Waals surface area contributed by atoms with Crippen LogP contribution in [-0.4, -0.2) is 66.9 Å². The number of rotatable bonds is 5. The predicted octanol–water partition coefficient (Wildman–Crippen LogP) is 3.09. The quantitative estimate of drug-likeness (QED) is 0.720. The van der Waals surface area contributed by atoms with Crippen molar-refractivity contribution in [2.45, 2.75) is 38.0 Å². The van der Waals surface area contributed by atoms with Crippen LogP contribution in [0, 0.1) is 5.92 Å². The number of allylic oxidation sites excluding steroid dienone is 3. The van der Waals surface area contributed by atoms with Crippen LogP contribution in [0.15, 0.2) is 59.4 Å². The largest absolute Gasteiger partial charge is 0.371 e. The summed E-state index contributed by atoms with van der Waals surface area (Å²) in [5, 5.41) is 3.67. The second-order valence-electron chi connectivity index (χ2n) is 8.68. The Labute approximate surface area is 172 Å². The topological polar surface area (TPSA) is 30.8 Å². The van der Waals surface area contributed by atoms with E-state index in [4.69, 9.17) is 4.74 Å². The van der Waals surface area contributed by atoms with Gasteiger partial charge in [-0.25, -0.2) is 0 Å². The SMILES string of the molecule is C=C(C1=CC2=C(NC1)N(C1=CC3C(OC)N3C=C1)CCC2)N1CCCC(CF)C1. The number of likely N-dealkylation sites (tertiary alicyclic amines) is 1. The minimum Gasteiger partial charge on any atom is -0.371 e. The van der Waals surface area contributed by atoms with Gasteiger partial charge < -0.3 is 24.8 Å². The highest BCUT2D eigenvalue weighted by atomic mass is 19.1. The van der Waals surface area contributed by atoms with E-state index in [-0.39, 0.29) is 18.8 Å². The zero-order valence-corrected chi connectivity index (χ0v) is 17.2. The predicted molar refractivity (Wildman–Crippen MR) is 112 cm³/mol. The molecule has 6 heteroatoms. The number of ether oxygens (including phenoxy) is 1. The molecule has 0 bridgehead atoms. The summed E-state index contributed by atoms with van der Waals surface area (Å²) in [5.74, 6) is 1.38. The van der Waals surface area contributed by atoms with Gasteiger partial charge in [0, 0.05) is 56.8 Å². The molecule has 2 fully saturated rings. The molecule has 5 nitrogen and oxygen atoms in total. The van der Waals surface area contributed by atoms with E-state index in [1.165, 1.54) is 22.7 Å². The van der Waals surface area contributed by atoms with Crippen LogP contribution in [0.3, 0.4) is 0 Å². The Balaban J connectivity index is 1.34. The standard InChI is InChI=1S/C23H31FN4O/c1-16(26-8-3-5-17(13-24)15-26)19-11-18-6-4-9-27(22(18)25-14-19)20-7-10-28-21(12-20)23(28)29-2/h7,10-12,17,21,23,25H,1,3-6,8-9,13-15H2,2H3. The highest BCUT2D eigenvalue weighted by Gasteiger charge is 2.46. The van der Waals surface area contributed by atoms with Crippen molar-refractivity contribution in [3.05, 3.63) is 59.4 Å². The summed E-state index contributed by atoms with van der Waals surface area (Å²) < 4.78 is 18.7. The molecule has 0 aromatic heterocycles. The van der Waals surface area contributed by atoms with Crippen molar-refractivity contribution in [1.29, 1.82) is 0 Å². The molecule has 0 aromatic carbocycles. The van der Waals surface area contributed by atoms with Crippen LogP contribution < -0.4 is 5.32 Å². The minimum absolute atomic E-state index is 0.153. The molecule has 0 aliphatic carbocycles. The van der Waals surface area contributed by atoms with Crippen molar-refractivity contribution in [3.8, 4) is 0 Å². The average Bonchev–Trinajstić information content (AvgIpc) is 3.50. The molecule has 0 spiro atoms. The first-order valence-electron chi connectivity index (χ1n) is 10.8. The molecule has 3 unspecified atom stereocenters. The zero-order valence-electron chi connectivity index (χ0n) is 17.2. The zero-order chi connectivity index (χ0) is 20.0. The number of alkyl halides is 1. The van der Waals surface area contributed by atoms with Gasteiger partial charge in [-0.05, 0) is 55.1 Å². The van der Waals surface area contributed by atoms with Crippen molar-refractivity contribution in [2.75, 3.05) is 40.0 Å². The lowest BCUT2D eigenvalue weighted by atomic mass is 9.95. The maximum absolute atomic E-state index is 13.2. The smallest absolute Gasteiger partial charge is 0.154 e. The first-order chi connectivity index (χ1) is 14.2. The lowest BCUT2D eigenvalue weighted by molar-refractivity contribution is 0.149. The average molecular weight is 399 g/mol. The van der Waals surface area contributed by atoms with Gasteiger partial charge in [0.2, 0.25) is 0 Å². The molecule has 5 heterocycles. The Hall–Kier alpha value is -2.21. The van der Waals surface area contributed by atoms with E-state index < -0.39 is 0 Å². The molecule has 156 valence electrons. The summed E-state index contributed by atoms with van der Waals surface area (Å²) in [6.07, 6.45) is 13.4. The van der Waals surface area contributed by atoms with E-state index in [1.807, 2.05) is 0 Å². The lowest BCUT2D eigenvalue weighted by Gasteiger charge is -2.40. The van der Waals surface area contributed by atoms with E-state index >= 15 is 0 Å². The number of nitrogens with one attached hydrogen (secondary N) is 1. The fraction of sp³-hybridized carbons (Fsp3) is 0.565. The molecule has 0 saturated carbocycles. The highest BCUT2D eigenvalue weighted by molar-refractivity contribution is 5.45. The lowest BCUT2D eigenvalue weighted by Crippen LogP contribution is -2.41. The molecule has 29 heavy (non-hydrogen) atoms. The Bertz CT molecular complexity index is 814. The number of piperidine rings is 1. The highest BCUT2D eigenvalue weighted by Crippen LogP contribution is 2.38. The number of hydrogen-bond acceptors (Lipinski definition) is 5. The molecule has 0 amide bonds. The van der Waals surface area contributed by atoms with Crippen molar-refractivity contribution in [3.63, 3.8) is 0 Å². The van der Waals surface area contributed by atoms with Crippen LogP contribution in [0.25, 0.3) is 0 Å². The van der Waals surface area contributed by atoms with Gasteiger partial charge in [0.25, 0.3) is 0 Å². The van der Waals surface area contributed by atoms with Crippen LogP contribution in [0.2, 0.25) is 0 Å². The summed E-state index contributed by atoms with van der Waals surface area (Å²) in [6.45, 7) is 7.73. The van der Waals surface area contributed by atoms with Crippen LogP contribution in [-0.2, 0) is 4.74 Å². The second kappa shape index (κ2) is 7.56. The van der Waals surface area contributed by atoms with Crippen LogP contribution in [0.4, 0.5) is 4.39 Å². The molecule has 5 aliphatic rings. The number of fused-ring (bicyclic) bond motifs is 1. The van der Waals surface area contributed by atoms with Crippen LogP contribution >= 0.6 is 0 Å². The third-order valence-electron chi connectivity index (χ3n) is 6.84. The summed E-state index contributed by atoms with van der Waals surface area (Å²) in [6, 6.07) is 0.364. The number of hydrogen-bond donors (Lipinski definition) is 1. The van der Waals surface area contributed by atoms with Gasteiger partial charge in [0.1, 0.15) is 5.82 Å². The maximum Gasteiger partial charge on any atom is 0.154 e. The number of nitrogens with zero attached hydrogens (tertiary/aromatic N) is 3. The Kier molecular flexibility index (Phi) is 4.90. The van der Waals surface area contributed by atoms with E-state index in [0.717, 1.165) is 57.6 Å². The number of halogens is 1. The van der Waals surface area contributed by atoms with E-state index in [0.29, 0.717) is 6.04 Å². The van der Waals surface area contributed by atoms with Gasteiger partial charge in [-0.15, -0.1) is 0 Å².